The zero-order valence-electron chi connectivity index (χ0n) is 14.8. The lowest BCUT2D eigenvalue weighted by atomic mass is 10.0. The van der Waals surface area contributed by atoms with Crippen LogP contribution in [0.2, 0.25) is 0 Å². The second-order valence-electron chi connectivity index (χ2n) is 6.47. The van der Waals surface area contributed by atoms with Crippen molar-refractivity contribution in [3.63, 3.8) is 0 Å². The summed E-state index contributed by atoms with van der Waals surface area (Å²) in [5.41, 5.74) is 1.89. The molecule has 5 nitrogen and oxygen atoms in total. The summed E-state index contributed by atoms with van der Waals surface area (Å²) in [6, 6.07) is 18.7. The van der Waals surface area contributed by atoms with Crippen molar-refractivity contribution in [2.45, 2.75) is 32.0 Å². The van der Waals surface area contributed by atoms with Gasteiger partial charge in [-0.3, -0.25) is 9.69 Å². The molecule has 2 aromatic carbocycles. The highest BCUT2D eigenvalue weighted by atomic mass is 16.6. The van der Waals surface area contributed by atoms with Crippen LogP contribution >= 0.6 is 0 Å². The van der Waals surface area contributed by atoms with E-state index < -0.39 is 6.09 Å². The Balaban J connectivity index is 1.79. The lowest BCUT2D eigenvalue weighted by Crippen LogP contribution is -2.51. The van der Waals surface area contributed by atoms with Gasteiger partial charge in [0, 0.05) is 6.42 Å². The molecule has 0 bridgehead atoms. The maximum Gasteiger partial charge on any atom is 0.411 e. The molecule has 3 rings (SSSR count). The molecule has 2 aromatic rings. The van der Waals surface area contributed by atoms with Crippen molar-refractivity contribution in [1.29, 1.82) is 0 Å². The minimum absolute atomic E-state index is 0.0215. The topological polar surface area (TPSA) is 55.8 Å². The average molecular weight is 353 g/mol. The third-order valence-corrected chi connectivity index (χ3v) is 4.44. The highest BCUT2D eigenvalue weighted by Gasteiger charge is 2.37. The third-order valence-electron chi connectivity index (χ3n) is 4.44. The van der Waals surface area contributed by atoms with Gasteiger partial charge in [-0.25, -0.2) is 4.79 Å². The Morgan fingerprint density at radius 3 is 2.35 bits per heavy atom. The van der Waals surface area contributed by atoms with Crippen LogP contribution in [-0.4, -0.2) is 36.0 Å². The summed E-state index contributed by atoms with van der Waals surface area (Å²) in [5, 5.41) is 0. The maximum atomic E-state index is 12.9. The summed E-state index contributed by atoms with van der Waals surface area (Å²) in [4.78, 5) is 26.2. The number of ether oxygens (including phenoxy) is 2. The van der Waals surface area contributed by atoms with Gasteiger partial charge >= 0.3 is 6.09 Å². The number of rotatable bonds is 5. The molecule has 0 unspecified atom stereocenters. The number of amides is 1. The lowest BCUT2D eigenvalue weighted by molar-refractivity contribution is -0.120. The summed E-state index contributed by atoms with van der Waals surface area (Å²) in [5.74, 6) is 0.0215. The van der Waals surface area contributed by atoms with Crippen LogP contribution in [0, 0.1) is 0 Å². The van der Waals surface area contributed by atoms with Crippen molar-refractivity contribution in [3.8, 4) is 0 Å². The van der Waals surface area contributed by atoms with Crippen molar-refractivity contribution < 1.29 is 19.1 Å². The van der Waals surface area contributed by atoms with E-state index in [1.807, 2.05) is 60.7 Å². The molecule has 0 N–H and O–H groups in total. The fraction of sp³-hybridized carbons (Fsp3) is 0.333. The zero-order chi connectivity index (χ0) is 18.4. The van der Waals surface area contributed by atoms with Crippen molar-refractivity contribution in [1.82, 2.24) is 4.90 Å². The first-order chi connectivity index (χ1) is 12.6. The first-order valence-electron chi connectivity index (χ1n) is 8.76. The van der Waals surface area contributed by atoms with Gasteiger partial charge in [0.2, 0.25) is 0 Å². The molecule has 136 valence electrons. The summed E-state index contributed by atoms with van der Waals surface area (Å²) in [6.07, 6.45) is -0.165. The predicted molar refractivity (Wildman–Crippen MR) is 97.6 cm³/mol. The number of morpholine rings is 1. The summed E-state index contributed by atoms with van der Waals surface area (Å²) in [7, 11) is 0. The Morgan fingerprint density at radius 2 is 1.69 bits per heavy atom. The lowest BCUT2D eigenvalue weighted by Gasteiger charge is -2.41. The van der Waals surface area contributed by atoms with Crippen molar-refractivity contribution >= 4 is 11.9 Å². The highest BCUT2D eigenvalue weighted by molar-refractivity contribution is 5.77. The Bertz CT molecular complexity index is 732. The van der Waals surface area contributed by atoms with Gasteiger partial charge < -0.3 is 9.47 Å². The van der Waals surface area contributed by atoms with Crippen LogP contribution in [0.1, 0.15) is 30.5 Å². The van der Waals surface area contributed by atoms with E-state index in [9.17, 15) is 9.59 Å². The van der Waals surface area contributed by atoms with Gasteiger partial charge in [0.05, 0.1) is 25.3 Å². The minimum atomic E-state index is -0.419. The van der Waals surface area contributed by atoms with E-state index in [1.165, 1.54) is 6.92 Å². The number of hydrogen-bond donors (Lipinski definition) is 0. The van der Waals surface area contributed by atoms with Gasteiger partial charge in [0.1, 0.15) is 12.4 Å². The van der Waals surface area contributed by atoms with E-state index in [4.69, 9.17) is 9.47 Å². The van der Waals surface area contributed by atoms with E-state index in [0.29, 0.717) is 13.2 Å². The van der Waals surface area contributed by atoms with Gasteiger partial charge in [-0.05, 0) is 18.1 Å². The molecule has 5 heteroatoms. The van der Waals surface area contributed by atoms with E-state index >= 15 is 0 Å². The molecule has 0 radical (unpaired) electrons. The number of benzene rings is 2. The third kappa shape index (κ3) is 4.49. The standard InChI is InChI=1S/C21H23NO4/c1-16(23)12-19-14-25-15-20(18-10-6-3-7-11-18)22(19)21(24)26-13-17-8-4-2-5-9-17/h2-11,19-20H,12-15H2,1H3/t19-,20+/m0/s1. The Labute approximate surface area is 153 Å². The number of Topliss-reactive ketones (excluding diaryl/α,β-unsaturated/α-hetero) is 1. The first-order valence-corrected chi connectivity index (χ1v) is 8.76. The fourth-order valence-corrected chi connectivity index (χ4v) is 3.22. The molecule has 1 aliphatic rings. The second-order valence-corrected chi connectivity index (χ2v) is 6.47. The Hall–Kier alpha value is -2.66. The molecule has 1 amide bonds. The summed E-state index contributed by atoms with van der Waals surface area (Å²) in [6.45, 7) is 2.45. The van der Waals surface area contributed by atoms with E-state index in [1.54, 1.807) is 4.90 Å². The minimum Gasteiger partial charge on any atom is -0.445 e. The van der Waals surface area contributed by atoms with Crippen LogP contribution in [-0.2, 0) is 20.9 Å². The quantitative estimate of drug-likeness (QED) is 0.822. The number of nitrogens with zero attached hydrogens (tertiary/aromatic N) is 1. The molecule has 0 aromatic heterocycles. The van der Waals surface area contributed by atoms with E-state index in [-0.39, 0.29) is 30.9 Å². The molecule has 2 atom stereocenters. The molecule has 0 saturated carbocycles. The van der Waals surface area contributed by atoms with Crippen LogP contribution < -0.4 is 0 Å². The monoisotopic (exact) mass is 353 g/mol. The van der Waals surface area contributed by atoms with Crippen LogP contribution in [0.3, 0.4) is 0 Å². The predicted octanol–water partition coefficient (Wildman–Crippen LogP) is 3.74. The van der Waals surface area contributed by atoms with Crippen LogP contribution in [0.15, 0.2) is 60.7 Å². The van der Waals surface area contributed by atoms with Crippen LogP contribution in [0.25, 0.3) is 0 Å². The fourth-order valence-electron chi connectivity index (χ4n) is 3.22. The molecule has 1 saturated heterocycles. The average Bonchev–Trinajstić information content (AvgIpc) is 2.67. The van der Waals surface area contributed by atoms with Crippen molar-refractivity contribution in [3.05, 3.63) is 71.8 Å². The number of ketones is 1. The van der Waals surface area contributed by atoms with Gasteiger partial charge in [-0.1, -0.05) is 60.7 Å². The van der Waals surface area contributed by atoms with Crippen LogP contribution in [0.4, 0.5) is 4.79 Å². The summed E-state index contributed by atoms with van der Waals surface area (Å²) < 4.78 is 11.2. The van der Waals surface area contributed by atoms with E-state index in [0.717, 1.165) is 11.1 Å². The molecule has 1 fully saturated rings. The number of carbonyl (C=O) groups excluding carboxylic acids is 2. The molecular weight excluding hydrogens is 330 g/mol. The molecule has 1 heterocycles. The molecule has 26 heavy (non-hydrogen) atoms. The van der Waals surface area contributed by atoms with Gasteiger partial charge in [-0.2, -0.15) is 0 Å². The Kier molecular flexibility index (Phi) is 6.02. The second kappa shape index (κ2) is 8.63. The molecular formula is C21H23NO4. The van der Waals surface area contributed by atoms with Gasteiger partial charge in [-0.15, -0.1) is 0 Å². The van der Waals surface area contributed by atoms with Crippen LogP contribution in [0.5, 0.6) is 0 Å². The van der Waals surface area contributed by atoms with Gasteiger partial charge in [0.15, 0.2) is 0 Å². The van der Waals surface area contributed by atoms with Crippen molar-refractivity contribution in [2.24, 2.45) is 0 Å². The number of carbonyl (C=O) groups is 2. The molecule has 0 spiro atoms. The van der Waals surface area contributed by atoms with Crippen molar-refractivity contribution in [2.75, 3.05) is 13.2 Å². The highest BCUT2D eigenvalue weighted by Crippen LogP contribution is 2.29. The first kappa shape index (κ1) is 18.1. The SMILES string of the molecule is CC(=O)C[C@H]1COC[C@H](c2ccccc2)N1C(=O)OCc1ccccc1. The maximum absolute atomic E-state index is 12.9. The normalized spacial score (nSPS) is 19.8. The molecule has 0 aliphatic carbocycles. The Morgan fingerprint density at radius 1 is 1.04 bits per heavy atom. The smallest absolute Gasteiger partial charge is 0.411 e. The largest absolute Gasteiger partial charge is 0.445 e. The zero-order valence-corrected chi connectivity index (χ0v) is 14.8. The molecule has 1 aliphatic heterocycles. The number of hydrogen-bond acceptors (Lipinski definition) is 4. The van der Waals surface area contributed by atoms with Gasteiger partial charge in [0.25, 0.3) is 0 Å². The van der Waals surface area contributed by atoms with E-state index in [2.05, 4.69) is 0 Å². The summed E-state index contributed by atoms with van der Waals surface area (Å²) >= 11 is 0.